The molecular formula is C13H15Cl2FO4S. The maximum absolute atomic E-state index is 13.6. The Labute approximate surface area is 132 Å². The fraction of sp³-hybridized carbons (Fsp3) is 0.462. The Morgan fingerprint density at radius 1 is 1.29 bits per heavy atom. The average Bonchev–Trinajstić information content (AvgIpc) is 2.40. The van der Waals surface area contributed by atoms with Crippen LogP contribution in [-0.2, 0) is 13.8 Å². The molecule has 0 aliphatic heterocycles. The van der Waals surface area contributed by atoms with Gasteiger partial charge in [-0.15, -0.1) is 0 Å². The second-order valence-electron chi connectivity index (χ2n) is 4.40. The normalized spacial score (nSPS) is 11.4. The van der Waals surface area contributed by atoms with Gasteiger partial charge in [-0.25, -0.2) is 17.6 Å². The number of benzene rings is 1. The highest BCUT2D eigenvalue weighted by atomic mass is 35.7. The molecule has 0 saturated carbocycles. The van der Waals surface area contributed by atoms with E-state index in [0.717, 1.165) is 25.3 Å². The molecule has 0 heterocycles. The van der Waals surface area contributed by atoms with Gasteiger partial charge in [-0.2, -0.15) is 0 Å². The zero-order valence-corrected chi connectivity index (χ0v) is 13.7. The molecule has 0 amide bonds. The van der Waals surface area contributed by atoms with Crippen LogP contribution in [0.4, 0.5) is 4.39 Å². The zero-order valence-electron chi connectivity index (χ0n) is 11.4. The summed E-state index contributed by atoms with van der Waals surface area (Å²) in [6.45, 7) is 2.21. The second-order valence-corrected chi connectivity index (χ2v) is 7.34. The Morgan fingerprint density at radius 3 is 2.52 bits per heavy atom. The lowest BCUT2D eigenvalue weighted by Crippen LogP contribution is -2.09. The molecule has 0 fully saturated rings. The van der Waals surface area contributed by atoms with Crippen molar-refractivity contribution in [2.75, 3.05) is 6.61 Å². The number of halogens is 3. The van der Waals surface area contributed by atoms with Crippen LogP contribution in [0, 0.1) is 5.82 Å². The number of ether oxygens (including phenoxy) is 1. The molecule has 1 aromatic rings. The Kier molecular flexibility index (Phi) is 6.90. The number of hydrogen-bond acceptors (Lipinski definition) is 4. The van der Waals surface area contributed by atoms with Gasteiger partial charge in [-0.1, -0.05) is 37.8 Å². The molecule has 118 valence electrons. The van der Waals surface area contributed by atoms with Crippen LogP contribution in [0.1, 0.15) is 43.0 Å². The summed E-state index contributed by atoms with van der Waals surface area (Å²) >= 11 is 5.66. The van der Waals surface area contributed by atoms with Gasteiger partial charge >= 0.3 is 5.97 Å². The van der Waals surface area contributed by atoms with E-state index in [9.17, 15) is 17.6 Å². The number of carbonyl (C=O) groups is 1. The first-order chi connectivity index (χ1) is 9.77. The van der Waals surface area contributed by atoms with Crippen molar-refractivity contribution in [2.24, 2.45) is 0 Å². The van der Waals surface area contributed by atoms with Crippen molar-refractivity contribution >= 4 is 37.3 Å². The van der Waals surface area contributed by atoms with Crippen molar-refractivity contribution in [1.82, 2.24) is 0 Å². The molecule has 0 unspecified atom stereocenters. The van der Waals surface area contributed by atoms with Crippen LogP contribution < -0.4 is 0 Å². The standard InChI is InChI=1S/C13H15Cl2FO4S/c1-2-3-4-5-6-20-13(17)10-7-9(21(15,18)19)8-11(16)12(10)14/h7-8H,2-6H2,1H3. The van der Waals surface area contributed by atoms with Crippen LogP contribution in [0.15, 0.2) is 17.0 Å². The predicted octanol–water partition coefficient (Wildman–Crippen LogP) is 4.14. The first kappa shape index (κ1) is 18.2. The molecule has 8 heteroatoms. The Morgan fingerprint density at radius 2 is 1.95 bits per heavy atom. The van der Waals surface area contributed by atoms with E-state index in [-0.39, 0.29) is 12.2 Å². The summed E-state index contributed by atoms with van der Waals surface area (Å²) in [5.41, 5.74) is -0.355. The highest BCUT2D eigenvalue weighted by Crippen LogP contribution is 2.26. The van der Waals surface area contributed by atoms with Crippen molar-refractivity contribution in [3.05, 3.63) is 28.5 Å². The molecule has 0 aliphatic rings. The summed E-state index contributed by atoms with van der Waals surface area (Å²) in [7, 11) is 0.967. The van der Waals surface area contributed by atoms with E-state index < -0.39 is 30.8 Å². The van der Waals surface area contributed by atoms with Crippen molar-refractivity contribution in [2.45, 2.75) is 37.5 Å². The first-order valence-corrected chi connectivity index (χ1v) is 9.07. The van der Waals surface area contributed by atoms with Gasteiger partial charge in [-0.05, 0) is 18.6 Å². The van der Waals surface area contributed by atoms with Gasteiger partial charge in [-0.3, -0.25) is 0 Å². The molecule has 1 rings (SSSR count). The zero-order chi connectivity index (χ0) is 16.0. The lowest BCUT2D eigenvalue weighted by molar-refractivity contribution is 0.0497. The maximum Gasteiger partial charge on any atom is 0.339 e. The summed E-state index contributed by atoms with van der Waals surface area (Å²) in [5, 5.41) is -0.488. The number of hydrogen-bond donors (Lipinski definition) is 0. The predicted molar refractivity (Wildman–Crippen MR) is 78.9 cm³/mol. The molecule has 0 saturated heterocycles. The summed E-state index contributed by atoms with van der Waals surface area (Å²) in [6, 6.07) is 1.56. The van der Waals surface area contributed by atoms with Crippen LogP contribution in [-0.4, -0.2) is 21.0 Å². The maximum atomic E-state index is 13.6. The number of rotatable bonds is 7. The van der Waals surface area contributed by atoms with Gasteiger partial charge < -0.3 is 4.74 Å². The van der Waals surface area contributed by atoms with Crippen LogP contribution in [0.5, 0.6) is 0 Å². The fourth-order valence-electron chi connectivity index (χ4n) is 1.62. The van der Waals surface area contributed by atoms with Crippen molar-refractivity contribution in [3.63, 3.8) is 0 Å². The molecule has 0 aliphatic carbocycles. The van der Waals surface area contributed by atoms with E-state index >= 15 is 0 Å². The van der Waals surface area contributed by atoms with Crippen LogP contribution >= 0.6 is 22.3 Å². The third kappa shape index (κ3) is 5.45. The van der Waals surface area contributed by atoms with E-state index in [4.69, 9.17) is 27.0 Å². The van der Waals surface area contributed by atoms with Crippen molar-refractivity contribution < 1.29 is 22.3 Å². The highest BCUT2D eigenvalue weighted by molar-refractivity contribution is 8.13. The monoisotopic (exact) mass is 356 g/mol. The van der Waals surface area contributed by atoms with E-state index in [2.05, 4.69) is 0 Å². The van der Waals surface area contributed by atoms with E-state index in [0.29, 0.717) is 12.5 Å². The Hall–Kier alpha value is -0.850. The van der Waals surface area contributed by atoms with E-state index in [1.54, 1.807) is 0 Å². The van der Waals surface area contributed by atoms with Crippen molar-refractivity contribution in [1.29, 1.82) is 0 Å². The number of unbranched alkanes of at least 4 members (excludes halogenated alkanes) is 3. The second kappa shape index (κ2) is 7.96. The summed E-state index contributed by atoms with van der Waals surface area (Å²) in [4.78, 5) is 11.3. The Balaban J connectivity index is 2.86. The summed E-state index contributed by atoms with van der Waals surface area (Å²) in [6.07, 6.45) is 3.64. The molecular weight excluding hydrogens is 342 g/mol. The van der Waals surface area contributed by atoms with Gasteiger partial charge in [0.05, 0.1) is 22.1 Å². The topological polar surface area (TPSA) is 60.4 Å². The molecule has 0 N–H and O–H groups in total. The lowest BCUT2D eigenvalue weighted by atomic mass is 10.2. The van der Waals surface area contributed by atoms with Crippen LogP contribution in [0.25, 0.3) is 0 Å². The van der Waals surface area contributed by atoms with Gasteiger partial charge in [0.2, 0.25) is 0 Å². The summed E-state index contributed by atoms with van der Waals surface area (Å²) < 4.78 is 40.9. The van der Waals surface area contributed by atoms with E-state index in [1.807, 2.05) is 6.92 Å². The molecule has 0 bridgehead atoms. The summed E-state index contributed by atoms with van der Waals surface area (Å²) in [5.74, 6) is -1.92. The molecule has 21 heavy (non-hydrogen) atoms. The molecule has 4 nitrogen and oxygen atoms in total. The fourth-order valence-corrected chi connectivity index (χ4v) is 2.58. The largest absolute Gasteiger partial charge is 0.462 e. The average molecular weight is 357 g/mol. The Bertz CT molecular complexity index is 617. The number of carbonyl (C=O) groups excluding carboxylic acids is 1. The third-order valence-electron chi connectivity index (χ3n) is 2.73. The van der Waals surface area contributed by atoms with Crippen molar-refractivity contribution in [3.8, 4) is 0 Å². The van der Waals surface area contributed by atoms with Gasteiger partial charge in [0.25, 0.3) is 9.05 Å². The highest BCUT2D eigenvalue weighted by Gasteiger charge is 2.21. The minimum atomic E-state index is -4.16. The lowest BCUT2D eigenvalue weighted by Gasteiger charge is -2.08. The van der Waals surface area contributed by atoms with Gasteiger partial charge in [0.1, 0.15) is 5.82 Å². The first-order valence-electron chi connectivity index (χ1n) is 6.38. The molecule has 0 aromatic heterocycles. The van der Waals surface area contributed by atoms with Crippen LogP contribution in [0.3, 0.4) is 0 Å². The van der Waals surface area contributed by atoms with Crippen LogP contribution in [0.2, 0.25) is 5.02 Å². The molecule has 0 spiro atoms. The smallest absolute Gasteiger partial charge is 0.339 e. The molecule has 1 aromatic carbocycles. The minimum Gasteiger partial charge on any atom is -0.462 e. The third-order valence-corrected chi connectivity index (χ3v) is 4.45. The number of esters is 1. The van der Waals surface area contributed by atoms with Gasteiger partial charge in [0.15, 0.2) is 0 Å². The van der Waals surface area contributed by atoms with Gasteiger partial charge in [0, 0.05) is 10.7 Å². The molecule has 0 atom stereocenters. The van der Waals surface area contributed by atoms with E-state index in [1.165, 1.54) is 0 Å². The SMILES string of the molecule is CCCCCCOC(=O)c1cc(S(=O)(=O)Cl)cc(F)c1Cl. The quantitative estimate of drug-likeness (QED) is 0.418. The minimum absolute atomic E-state index is 0.161. The molecule has 0 radical (unpaired) electrons.